The minimum Gasteiger partial charge on any atom is -0.307 e. The Hall–Kier alpha value is -0.130. The Morgan fingerprint density at radius 2 is 2.00 bits per heavy atom. The molecule has 1 aromatic carbocycles. The highest BCUT2D eigenvalue weighted by Crippen LogP contribution is 2.28. The standard InChI is InChI=1S/C16H23IN2/c1-12(13-4-6-14(17)7-5-13)18-15-8-10-19-9-2-3-16(19)11-15/h4-7,12,15-16,18H,2-3,8-11H2,1H3. The SMILES string of the molecule is CC(NC1CCN2CCCC2C1)c1ccc(I)cc1. The van der Waals surface area contributed by atoms with Gasteiger partial charge in [0.1, 0.15) is 0 Å². The number of benzene rings is 1. The highest BCUT2D eigenvalue weighted by Gasteiger charge is 2.31. The Morgan fingerprint density at radius 3 is 2.79 bits per heavy atom. The molecule has 2 saturated heterocycles. The van der Waals surface area contributed by atoms with Crippen molar-refractivity contribution >= 4 is 22.6 Å². The van der Waals surface area contributed by atoms with Crippen LogP contribution in [0, 0.1) is 3.57 Å². The first-order valence-corrected chi connectivity index (χ1v) is 8.56. The zero-order chi connectivity index (χ0) is 13.2. The number of fused-ring (bicyclic) bond motifs is 1. The van der Waals surface area contributed by atoms with E-state index in [9.17, 15) is 0 Å². The monoisotopic (exact) mass is 370 g/mol. The first-order valence-electron chi connectivity index (χ1n) is 7.48. The molecule has 2 heterocycles. The van der Waals surface area contributed by atoms with Crippen molar-refractivity contribution in [3.8, 4) is 0 Å². The minimum atomic E-state index is 0.468. The molecule has 1 N–H and O–H groups in total. The smallest absolute Gasteiger partial charge is 0.0294 e. The van der Waals surface area contributed by atoms with Gasteiger partial charge in [0, 0.05) is 21.7 Å². The number of hydrogen-bond donors (Lipinski definition) is 1. The van der Waals surface area contributed by atoms with Gasteiger partial charge in [0.2, 0.25) is 0 Å². The Bertz CT molecular complexity index is 417. The maximum absolute atomic E-state index is 3.84. The van der Waals surface area contributed by atoms with Gasteiger partial charge < -0.3 is 10.2 Å². The predicted octanol–water partition coefficient (Wildman–Crippen LogP) is 3.57. The van der Waals surface area contributed by atoms with E-state index in [-0.39, 0.29) is 0 Å². The Kier molecular flexibility index (Phi) is 4.44. The fourth-order valence-electron chi connectivity index (χ4n) is 3.58. The van der Waals surface area contributed by atoms with E-state index in [2.05, 4.69) is 64.0 Å². The average molecular weight is 370 g/mol. The number of piperidine rings is 1. The molecule has 0 aliphatic carbocycles. The second-order valence-electron chi connectivity index (χ2n) is 5.99. The molecule has 0 amide bonds. The van der Waals surface area contributed by atoms with Crippen molar-refractivity contribution in [2.45, 2.75) is 50.7 Å². The van der Waals surface area contributed by atoms with Gasteiger partial charge in [-0.1, -0.05) is 12.1 Å². The lowest BCUT2D eigenvalue weighted by Crippen LogP contribution is -2.46. The summed E-state index contributed by atoms with van der Waals surface area (Å²) in [6, 6.07) is 10.9. The van der Waals surface area contributed by atoms with Crippen molar-refractivity contribution in [3.05, 3.63) is 33.4 Å². The normalized spacial score (nSPS) is 29.2. The maximum atomic E-state index is 3.84. The fraction of sp³-hybridized carbons (Fsp3) is 0.625. The van der Waals surface area contributed by atoms with E-state index >= 15 is 0 Å². The lowest BCUT2D eigenvalue weighted by molar-refractivity contribution is 0.162. The summed E-state index contributed by atoms with van der Waals surface area (Å²) in [6.45, 7) is 4.93. The number of halogens is 1. The molecule has 2 aliphatic rings. The van der Waals surface area contributed by atoms with Crippen LogP contribution in [0.4, 0.5) is 0 Å². The van der Waals surface area contributed by atoms with Gasteiger partial charge in [-0.3, -0.25) is 0 Å². The first-order chi connectivity index (χ1) is 9.22. The number of hydrogen-bond acceptors (Lipinski definition) is 2. The van der Waals surface area contributed by atoms with Crippen LogP contribution in [0.2, 0.25) is 0 Å². The van der Waals surface area contributed by atoms with Crippen LogP contribution in [0.15, 0.2) is 24.3 Å². The molecule has 3 rings (SSSR count). The zero-order valence-corrected chi connectivity index (χ0v) is 13.8. The summed E-state index contributed by atoms with van der Waals surface area (Å²) in [4.78, 5) is 2.69. The van der Waals surface area contributed by atoms with Crippen molar-refractivity contribution in [1.82, 2.24) is 10.2 Å². The highest BCUT2D eigenvalue weighted by atomic mass is 127. The summed E-state index contributed by atoms with van der Waals surface area (Å²) in [5, 5.41) is 3.84. The van der Waals surface area contributed by atoms with E-state index < -0.39 is 0 Å². The Morgan fingerprint density at radius 1 is 1.21 bits per heavy atom. The molecule has 104 valence electrons. The van der Waals surface area contributed by atoms with Gasteiger partial charge in [0.05, 0.1) is 0 Å². The Balaban J connectivity index is 1.57. The van der Waals surface area contributed by atoms with Crippen molar-refractivity contribution < 1.29 is 0 Å². The molecule has 3 atom stereocenters. The summed E-state index contributed by atoms with van der Waals surface area (Å²) in [6.07, 6.45) is 5.47. The van der Waals surface area contributed by atoms with Crippen molar-refractivity contribution in [3.63, 3.8) is 0 Å². The number of nitrogens with zero attached hydrogens (tertiary/aromatic N) is 1. The van der Waals surface area contributed by atoms with Crippen LogP contribution in [-0.2, 0) is 0 Å². The van der Waals surface area contributed by atoms with Crippen LogP contribution in [-0.4, -0.2) is 30.1 Å². The molecule has 19 heavy (non-hydrogen) atoms. The topological polar surface area (TPSA) is 15.3 Å². The fourth-order valence-corrected chi connectivity index (χ4v) is 3.94. The molecule has 2 aliphatic heterocycles. The molecule has 0 spiro atoms. The van der Waals surface area contributed by atoms with Crippen LogP contribution in [0.3, 0.4) is 0 Å². The van der Waals surface area contributed by atoms with Gasteiger partial charge in [-0.25, -0.2) is 0 Å². The summed E-state index contributed by atoms with van der Waals surface area (Å²) in [5.74, 6) is 0. The molecule has 1 aromatic rings. The molecule has 2 nitrogen and oxygen atoms in total. The van der Waals surface area contributed by atoms with Gasteiger partial charge in [0.15, 0.2) is 0 Å². The van der Waals surface area contributed by atoms with E-state index in [4.69, 9.17) is 0 Å². The number of rotatable bonds is 3. The summed E-state index contributed by atoms with van der Waals surface area (Å²) in [7, 11) is 0. The Labute approximate surface area is 130 Å². The lowest BCUT2D eigenvalue weighted by atomic mass is 9.96. The van der Waals surface area contributed by atoms with Crippen molar-refractivity contribution in [1.29, 1.82) is 0 Å². The highest BCUT2D eigenvalue weighted by molar-refractivity contribution is 14.1. The van der Waals surface area contributed by atoms with Gasteiger partial charge >= 0.3 is 0 Å². The predicted molar refractivity (Wildman–Crippen MR) is 88.3 cm³/mol. The molecule has 0 saturated carbocycles. The average Bonchev–Trinajstić information content (AvgIpc) is 2.87. The molecule has 0 aromatic heterocycles. The van der Waals surface area contributed by atoms with Crippen LogP contribution in [0.25, 0.3) is 0 Å². The lowest BCUT2D eigenvalue weighted by Gasteiger charge is -2.36. The summed E-state index contributed by atoms with van der Waals surface area (Å²) >= 11 is 2.37. The summed E-state index contributed by atoms with van der Waals surface area (Å²) < 4.78 is 1.31. The first kappa shape index (κ1) is 13.8. The third kappa shape index (κ3) is 3.31. The van der Waals surface area contributed by atoms with Crippen molar-refractivity contribution in [2.75, 3.05) is 13.1 Å². The number of nitrogens with one attached hydrogen (secondary N) is 1. The molecule has 3 unspecified atom stereocenters. The van der Waals surface area contributed by atoms with E-state index in [0.717, 1.165) is 6.04 Å². The van der Waals surface area contributed by atoms with Crippen molar-refractivity contribution in [2.24, 2.45) is 0 Å². The quantitative estimate of drug-likeness (QED) is 0.819. The van der Waals surface area contributed by atoms with Crippen LogP contribution in [0.1, 0.15) is 44.2 Å². The molecule has 2 fully saturated rings. The van der Waals surface area contributed by atoms with Crippen LogP contribution >= 0.6 is 22.6 Å². The molecular formula is C16H23IN2. The molecule has 0 bridgehead atoms. The van der Waals surface area contributed by atoms with Gasteiger partial charge in [-0.15, -0.1) is 0 Å². The van der Waals surface area contributed by atoms with Crippen LogP contribution < -0.4 is 5.32 Å². The second kappa shape index (κ2) is 6.10. The van der Waals surface area contributed by atoms with E-state index in [1.54, 1.807) is 0 Å². The molecule has 0 radical (unpaired) electrons. The minimum absolute atomic E-state index is 0.468. The van der Waals surface area contributed by atoms with Gasteiger partial charge in [-0.2, -0.15) is 0 Å². The maximum Gasteiger partial charge on any atom is 0.0294 e. The van der Waals surface area contributed by atoms with Crippen LogP contribution in [0.5, 0.6) is 0 Å². The van der Waals surface area contributed by atoms with Gasteiger partial charge in [0.25, 0.3) is 0 Å². The summed E-state index contributed by atoms with van der Waals surface area (Å²) in [5.41, 5.74) is 1.41. The zero-order valence-electron chi connectivity index (χ0n) is 11.6. The van der Waals surface area contributed by atoms with E-state index in [0.29, 0.717) is 12.1 Å². The third-order valence-corrected chi connectivity index (χ3v) is 5.40. The third-order valence-electron chi connectivity index (χ3n) is 4.68. The second-order valence-corrected chi connectivity index (χ2v) is 7.24. The van der Waals surface area contributed by atoms with E-state index in [1.807, 2.05) is 0 Å². The largest absolute Gasteiger partial charge is 0.307 e. The molecular weight excluding hydrogens is 347 g/mol. The van der Waals surface area contributed by atoms with E-state index in [1.165, 1.54) is 47.9 Å². The van der Waals surface area contributed by atoms with Gasteiger partial charge in [-0.05, 0) is 86.0 Å². The molecule has 3 heteroatoms.